The molecule has 0 N–H and O–H groups in total. The lowest BCUT2D eigenvalue weighted by Gasteiger charge is -2.36. The second-order valence-electron chi connectivity index (χ2n) is 10.3. The number of ether oxygens (including phenoxy) is 1. The molecule has 1 aliphatic rings. The van der Waals surface area contributed by atoms with Gasteiger partial charge in [-0.15, -0.1) is 0 Å². The van der Waals surface area contributed by atoms with Crippen molar-refractivity contribution in [3.63, 3.8) is 0 Å². The number of hydrogen-bond acceptors (Lipinski definition) is 2. The second kappa shape index (κ2) is 11.6. The number of halogens is 3. The summed E-state index contributed by atoms with van der Waals surface area (Å²) in [6.45, 7) is 0. The molecular formula is C38H27F3O2. The van der Waals surface area contributed by atoms with Crippen molar-refractivity contribution in [1.82, 2.24) is 0 Å². The summed E-state index contributed by atoms with van der Waals surface area (Å²) in [5.74, 6) is -2.24. The van der Waals surface area contributed by atoms with Crippen molar-refractivity contribution < 1.29 is 22.7 Å². The highest BCUT2D eigenvalue weighted by Gasteiger charge is 2.55. The number of carbonyl (C=O) groups is 1. The van der Waals surface area contributed by atoms with Crippen molar-refractivity contribution in [1.29, 1.82) is 0 Å². The first-order valence-corrected chi connectivity index (χ1v) is 13.9. The molecule has 0 saturated heterocycles. The van der Waals surface area contributed by atoms with Crippen molar-refractivity contribution in [2.75, 3.05) is 0 Å². The Hall–Kier alpha value is -5.16. The molecule has 0 atom stereocenters. The lowest BCUT2D eigenvalue weighted by atomic mass is 9.77. The van der Waals surface area contributed by atoms with Gasteiger partial charge in [-0.1, -0.05) is 152 Å². The van der Waals surface area contributed by atoms with Gasteiger partial charge in [0.1, 0.15) is 0 Å². The number of hydrogen-bond donors (Lipinski definition) is 0. The summed E-state index contributed by atoms with van der Waals surface area (Å²) in [4.78, 5) is 13.1. The maximum atomic E-state index is 14.2. The molecule has 2 nitrogen and oxygen atoms in total. The van der Waals surface area contributed by atoms with Gasteiger partial charge in [-0.3, -0.25) is 0 Å². The zero-order valence-corrected chi connectivity index (χ0v) is 23.1. The van der Waals surface area contributed by atoms with E-state index in [1.807, 2.05) is 152 Å². The molecule has 5 heteroatoms. The first kappa shape index (κ1) is 28.0. The predicted molar refractivity (Wildman–Crippen MR) is 164 cm³/mol. The van der Waals surface area contributed by atoms with Gasteiger partial charge >= 0.3 is 12.1 Å². The lowest BCUT2D eigenvalue weighted by molar-refractivity contribution is -0.205. The number of alkyl halides is 3. The van der Waals surface area contributed by atoms with E-state index < -0.39 is 17.7 Å². The van der Waals surface area contributed by atoms with Gasteiger partial charge in [0.05, 0.1) is 0 Å². The molecule has 5 aromatic carbocycles. The summed E-state index contributed by atoms with van der Waals surface area (Å²) < 4.78 is 48.5. The number of esters is 1. The van der Waals surface area contributed by atoms with E-state index in [0.29, 0.717) is 33.4 Å². The molecular weight excluding hydrogens is 545 g/mol. The molecule has 0 heterocycles. The van der Waals surface area contributed by atoms with Gasteiger partial charge in [-0.2, -0.15) is 13.2 Å². The molecule has 0 saturated carbocycles. The molecule has 0 unspecified atom stereocenters. The van der Waals surface area contributed by atoms with E-state index in [2.05, 4.69) is 0 Å². The Morgan fingerprint density at radius 1 is 0.512 bits per heavy atom. The number of carbonyl (C=O) groups excluding carboxylic acids is 1. The Kier molecular flexibility index (Phi) is 7.56. The van der Waals surface area contributed by atoms with Crippen molar-refractivity contribution in [3.05, 3.63) is 179 Å². The average Bonchev–Trinajstić information content (AvgIpc) is 3.32. The molecule has 5 aromatic rings. The van der Waals surface area contributed by atoms with Crippen LogP contribution < -0.4 is 0 Å². The topological polar surface area (TPSA) is 26.3 Å². The Morgan fingerprint density at radius 2 is 0.837 bits per heavy atom. The van der Waals surface area contributed by atoms with Crippen LogP contribution in [-0.2, 0) is 16.0 Å². The van der Waals surface area contributed by atoms with E-state index in [1.165, 1.54) is 0 Å². The molecule has 0 aromatic heterocycles. The first-order valence-electron chi connectivity index (χ1n) is 13.9. The Morgan fingerprint density at radius 3 is 1.19 bits per heavy atom. The van der Waals surface area contributed by atoms with Crippen LogP contribution in [0.5, 0.6) is 0 Å². The molecule has 212 valence electrons. The minimum absolute atomic E-state index is 0.0171. The van der Waals surface area contributed by atoms with E-state index in [4.69, 9.17) is 4.74 Å². The monoisotopic (exact) mass is 572 g/mol. The normalized spacial score (nSPS) is 14.6. The number of rotatable bonds is 7. The lowest BCUT2D eigenvalue weighted by Crippen LogP contribution is -2.43. The van der Waals surface area contributed by atoms with Crippen LogP contribution in [-0.4, -0.2) is 17.7 Å². The van der Waals surface area contributed by atoms with E-state index in [0.717, 1.165) is 16.7 Å². The highest BCUT2D eigenvalue weighted by molar-refractivity contribution is 6.31. The first-order chi connectivity index (χ1) is 20.9. The predicted octanol–water partition coefficient (Wildman–Crippen LogP) is 9.31. The van der Waals surface area contributed by atoms with Crippen LogP contribution in [0.4, 0.5) is 13.2 Å². The summed E-state index contributed by atoms with van der Waals surface area (Å²) in [6, 6.07) is 46.8. The third kappa shape index (κ3) is 5.42. The van der Waals surface area contributed by atoms with Crippen LogP contribution in [0.2, 0.25) is 0 Å². The fraction of sp³-hybridized carbons (Fsp3) is 0.0789. The Balaban J connectivity index is 1.82. The van der Waals surface area contributed by atoms with Crippen LogP contribution in [0, 0.1) is 0 Å². The van der Waals surface area contributed by atoms with Gasteiger partial charge in [0.2, 0.25) is 0 Å². The molecule has 1 aliphatic carbocycles. The van der Waals surface area contributed by atoms with Crippen molar-refractivity contribution in [2.45, 2.75) is 18.2 Å². The largest absolute Gasteiger partial charge is 0.490 e. The summed E-state index contributed by atoms with van der Waals surface area (Å²) in [5, 5.41) is 0. The van der Waals surface area contributed by atoms with Crippen LogP contribution in [0.3, 0.4) is 0 Å². The molecule has 6 rings (SSSR count). The fourth-order valence-electron chi connectivity index (χ4n) is 5.94. The number of allylic oxidation sites excluding steroid dienone is 2. The molecule has 0 radical (unpaired) electrons. The van der Waals surface area contributed by atoms with Crippen molar-refractivity contribution >= 4 is 28.3 Å². The van der Waals surface area contributed by atoms with Crippen LogP contribution in [0.15, 0.2) is 152 Å². The SMILES string of the molecule is O=C(OC1(Cc2ccccc2)C(c2ccccc2)=C(c2ccccc2)C(c2ccccc2)=C1c1ccccc1)C(F)(F)F. The van der Waals surface area contributed by atoms with E-state index in [9.17, 15) is 18.0 Å². The van der Waals surface area contributed by atoms with Crippen LogP contribution >= 0.6 is 0 Å². The molecule has 0 bridgehead atoms. The molecule has 0 spiro atoms. The summed E-state index contributed by atoms with van der Waals surface area (Å²) >= 11 is 0. The molecule has 0 fully saturated rings. The van der Waals surface area contributed by atoms with E-state index >= 15 is 0 Å². The third-order valence-corrected chi connectivity index (χ3v) is 7.60. The minimum atomic E-state index is -5.21. The van der Waals surface area contributed by atoms with Gasteiger partial charge in [0.15, 0.2) is 5.60 Å². The Bertz CT molecular complexity index is 1680. The molecule has 43 heavy (non-hydrogen) atoms. The highest BCUT2D eigenvalue weighted by Crippen LogP contribution is 2.59. The fourth-order valence-corrected chi connectivity index (χ4v) is 5.94. The molecule has 0 aliphatic heterocycles. The summed E-state index contributed by atoms with van der Waals surface area (Å²) in [6.07, 6.45) is -5.23. The second-order valence-corrected chi connectivity index (χ2v) is 10.3. The molecule has 0 amide bonds. The summed E-state index contributed by atoms with van der Waals surface area (Å²) in [5.41, 5.74) is 4.22. The maximum absolute atomic E-state index is 14.2. The van der Waals surface area contributed by atoms with Crippen molar-refractivity contribution in [3.8, 4) is 0 Å². The smallest absolute Gasteiger partial charge is 0.442 e. The maximum Gasteiger partial charge on any atom is 0.490 e. The van der Waals surface area contributed by atoms with E-state index in [1.54, 1.807) is 0 Å². The van der Waals surface area contributed by atoms with Crippen LogP contribution in [0.1, 0.15) is 27.8 Å². The number of benzene rings is 5. The van der Waals surface area contributed by atoms with E-state index in [-0.39, 0.29) is 6.42 Å². The zero-order valence-electron chi connectivity index (χ0n) is 23.1. The Labute approximate surface area is 248 Å². The third-order valence-electron chi connectivity index (χ3n) is 7.60. The van der Waals surface area contributed by atoms with Crippen LogP contribution in [0.25, 0.3) is 22.3 Å². The van der Waals surface area contributed by atoms with Crippen molar-refractivity contribution in [2.24, 2.45) is 0 Å². The average molecular weight is 573 g/mol. The van der Waals surface area contributed by atoms with Gasteiger partial charge in [-0.25, -0.2) is 4.79 Å². The standard InChI is InChI=1S/C38H27F3O2/c39-38(40,41)36(42)43-37(26-27-16-6-1-7-17-27)34(30-22-12-4-13-23-30)32(28-18-8-2-9-19-28)33(29-20-10-3-11-21-29)35(37)31-24-14-5-15-25-31/h1-25H,26H2. The van der Waals surface area contributed by atoms with Gasteiger partial charge in [0.25, 0.3) is 0 Å². The quantitative estimate of drug-likeness (QED) is 0.182. The minimum Gasteiger partial charge on any atom is -0.442 e. The highest BCUT2D eigenvalue weighted by atomic mass is 19.4. The van der Waals surface area contributed by atoms with Gasteiger partial charge in [-0.05, 0) is 39.0 Å². The van der Waals surface area contributed by atoms with Gasteiger partial charge < -0.3 is 4.74 Å². The van der Waals surface area contributed by atoms with Gasteiger partial charge in [0, 0.05) is 17.6 Å². The summed E-state index contributed by atoms with van der Waals surface area (Å²) in [7, 11) is 0. The zero-order chi connectivity index (χ0) is 29.9.